The lowest BCUT2D eigenvalue weighted by atomic mass is 9.95. The second kappa shape index (κ2) is 10.4. The highest BCUT2D eigenvalue weighted by Crippen LogP contribution is 2.37. The van der Waals surface area contributed by atoms with E-state index in [2.05, 4.69) is 50.0 Å². The first-order valence-corrected chi connectivity index (χ1v) is 12.5. The zero-order valence-corrected chi connectivity index (χ0v) is 21.1. The van der Waals surface area contributed by atoms with Crippen LogP contribution in [0.3, 0.4) is 0 Å². The average Bonchev–Trinajstić information content (AvgIpc) is 3.55. The van der Waals surface area contributed by atoms with E-state index in [1.807, 2.05) is 55.0 Å². The Balaban J connectivity index is 1.42. The first-order valence-electron chi connectivity index (χ1n) is 12.5. The number of para-hydroxylation sites is 1. The number of hydrogen-bond acceptors (Lipinski definition) is 4. The summed E-state index contributed by atoms with van der Waals surface area (Å²) >= 11 is 0. The van der Waals surface area contributed by atoms with Crippen molar-refractivity contribution in [1.82, 2.24) is 24.0 Å². The summed E-state index contributed by atoms with van der Waals surface area (Å²) in [7, 11) is 1.71. The molecule has 0 saturated carbocycles. The SMILES string of the molecule is [C-]#[N+]c1ccc(Cn2cncc2CN2CCn3cc(-c4ccccc4OC)nc3C2C(C)CC)cc1. The van der Waals surface area contributed by atoms with Crippen molar-refractivity contribution in [2.75, 3.05) is 13.7 Å². The Hall–Kier alpha value is -3.89. The monoisotopic (exact) mass is 480 g/mol. The number of ether oxygens (including phenoxy) is 1. The molecule has 0 fully saturated rings. The Labute approximate surface area is 212 Å². The van der Waals surface area contributed by atoms with Gasteiger partial charge in [0.2, 0.25) is 0 Å². The van der Waals surface area contributed by atoms with Crippen molar-refractivity contribution in [2.24, 2.45) is 5.92 Å². The van der Waals surface area contributed by atoms with Crippen molar-refractivity contribution in [1.29, 1.82) is 0 Å². The van der Waals surface area contributed by atoms with Crippen LogP contribution in [0.4, 0.5) is 5.69 Å². The minimum atomic E-state index is 0.216. The molecule has 2 aromatic heterocycles. The first-order chi connectivity index (χ1) is 17.6. The normalized spacial score (nSPS) is 16.3. The van der Waals surface area contributed by atoms with Crippen molar-refractivity contribution in [3.63, 3.8) is 0 Å². The highest BCUT2D eigenvalue weighted by atomic mass is 16.5. The Kier molecular flexibility index (Phi) is 6.88. The number of hydrogen-bond donors (Lipinski definition) is 0. The molecular weight excluding hydrogens is 448 g/mol. The van der Waals surface area contributed by atoms with Crippen molar-refractivity contribution >= 4 is 5.69 Å². The Morgan fingerprint density at radius 2 is 1.92 bits per heavy atom. The van der Waals surface area contributed by atoms with E-state index < -0.39 is 0 Å². The maximum atomic E-state index is 7.17. The molecule has 4 aromatic rings. The summed E-state index contributed by atoms with van der Waals surface area (Å²) in [4.78, 5) is 15.7. The summed E-state index contributed by atoms with van der Waals surface area (Å²) in [6.45, 7) is 15.1. The van der Waals surface area contributed by atoms with E-state index in [1.54, 1.807) is 7.11 Å². The number of rotatable bonds is 8. The topological polar surface area (TPSA) is 52.5 Å². The van der Waals surface area contributed by atoms with Crippen molar-refractivity contribution in [2.45, 2.75) is 45.9 Å². The standard InChI is InChI=1S/C29H32N6O/c1-5-21(2)28-29-32-26(25-8-6-7-9-27(25)36-4)19-34(29)15-14-33(28)18-24-16-31-20-35(24)17-22-10-12-23(30-3)13-11-22/h6-13,16,19-21,28H,5,14-15,17-18H2,1-2,4H3. The number of methoxy groups -OCH3 is 1. The van der Waals surface area contributed by atoms with Crippen LogP contribution in [0.15, 0.2) is 67.3 Å². The molecule has 2 unspecified atom stereocenters. The van der Waals surface area contributed by atoms with Gasteiger partial charge in [0.05, 0.1) is 37.4 Å². The fourth-order valence-electron chi connectivity index (χ4n) is 5.09. The summed E-state index contributed by atoms with van der Waals surface area (Å²) in [5.41, 5.74) is 5.00. The molecule has 7 nitrogen and oxygen atoms in total. The van der Waals surface area contributed by atoms with Crippen LogP contribution in [0.2, 0.25) is 0 Å². The van der Waals surface area contributed by atoms with Crippen LogP contribution in [-0.2, 0) is 19.6 Å². The third-order valence-corrected chi connectivity index (χ3v) is 7.24. The lowest BCUT2D eigenvalue weighted by molar-refractivity contribution is 0.0967. The number of nitrogens with zero attached hydrogens (tertiary/aromatic N) is 6. The Bertz CT molecular complexity index is 1360. The highest BCUT2D eigenvalue weighted by molar-refractivity contribution is 5.67. The van der Waals surface area contributed by atoms with Gasteiger partial charge in [-0.15, -0.1) is 0 Å². The average molecular weight is 481 g/mol. The van der Waals surface area contributed by atoms with E-state index in [0.29, 0.717) is 11.6 Å². The van der Waals surface area contributed by atoms with Gasteiger partial charge >= 0.3 is 0 Å². The van der Waals surface area contributed by atoms with E-state index in [4.69, 9.17) is 16.3 Å². The molecule has 1 aliphatic heterocycles. The maximum absolute atomic E-state index is 7.17. The van der Waals surface area contributed by atoms with Crippen LogP contribution in [0.1, 0.15) is 43.4 Å². The molecule has 0 amide bonds. The summed E-state index contributed by atoms with van der Waals surface area (Å²) < 4.78 is 10.1. The molecule has 1 aliphatic rings. The van der Waals surface area contributed by atoms with Crippen LogP contribution >= 0.6 is 0 Å². The Morgan fingerprint density at radius 1 is 1.11 bits per heavy atom. The minimum absolute atomic E-state index is 0.216. The zero-order valence-electron chi connectivity index (χ0n) is 21.1. The summed E-state index contributed by atoms with van der Waals surface area (Å²) in [6.07, 6.45) is 7.13. The molecule has 2 aromatic carbocycles. The molecule has 5 rings (SSSR count). The third-order valence-electron chi connectivity index (χ3n) is 7.24. The molecule has 0 spiro atoms. The molecule has 184 valence electrons. The predicted molar refractivity (Wildman–Crippen MR) is 141 cm³/mol. The van der Waals surface area contributed by atoms with E-state index >= 15 is 0 Å². The van der Waals surface area contributed by atoms with Crippen molar-refractivity contribution in [3.8, 4) is 17.0 Å². The smallest absolute Gasteiger partial charge is 0.187 e. The number of aromatic nitrogens is 4. The van der Waals surface area contributed by atoms with E-state index in [9.17, 15) is 0 Å². The van der Waals surface area contributed by atoms with E-state index in [0.717, 1.165) is 61.0 Å². The summed E-state index contributed by atoms with van der Waals surface area (Å²) in [5.74, 6) is 2.42. The van der Waals surface area contributed by atoms with Crippen LogP contribution in [0.25, 0.3) is 16.1 Å². The molecular formula is C29H32N6O. The van der Waals surface area contributed by atoms with Gasteiger partial charge in [-0.1, -0.05) is 56.7 Å². The fraction of sp³-hybridized carbons (Fsp3) is 0.345. The van der Waals surface area contributed by atoms with Crippen LogP contribution in [-0.4, -0.2) is 37.7 Å². The van der Waals surface area contributed by atoms with Gasteiger partial charge in [-0.25, -0.2) is 14.8 Å². The van der Waals surface area contributed by atoms with Crippen LogP contribution in [0.5, 0.6) is 5.75 Å². The van der Waals surface area contributed by atoms with Crippen molar-refractivity contribution in [3.05, 3.63) is 95.8 Å². The molecule has 0 aliphatic carbocycles. The van der Waals surface area contributed by atoms with Gasteiger partial charge in [0.15, 0.2) is 5.69 Å². The van der Waals surface area contributed by atoms with Gasteiger partial charge in [0.1, 0.15) is 11.6 Å². The lowest BCUT2D eigenvalue weighted by Crippen LogP contribution is -2.41. The van der Waals surface area contributed by atoms with Gasteiger partial charge in [0, 0.05) is 44.1 Å². The summed E-state index contributed by atoms with van der Waals surface area (Å²) in [6, 6.07) is 16.1. The maximum Gasteiger partial charge on any atom is 0.187 e. The minimum Gasteiger partial charge on any atom is -0.496 e. The largest absolute Gasteiger partial charge is 0.496 e. The molecule has 2 atom stereocenters. The molecule has 0 bridgehead atoms. The van der Waals surface area contributed by atoms with Crippen molar-refractivity contribution < 1.29 is 4.74 Å². The number of benzene rings is 2. The van der Waals surface area contributed by atoms with E-state index in [1.165, 1.54) is 5.69 Å². The molecule has 0 saturated heterocycles. The van der Waals surface area contributed by atoms with Crippen LogP contribution < -0.4 is 4.74 Å². The second-order valence-electron chi connectivity index (χ2n) is 9.47. The number of imidazole rings is 2. The van der Waals surface area contributed by atoms with Gasteiger partial charge in [-0.3, -0.25) is 4.90 Å². The van der Waals surface area contributed by atoms with Gasteiger partial charge in [-0.2, -0.15) is 0 Å². The van der Waals surface area contributed by atoms with Gasteiger partial charge in [0.25, 0.3) is 0 Å². The first kappa shape index (κ1) is 23.8. The highest BCUT2D eigenvalue weighted by Gasteiger charge is 2.34. The zero-order chi connectivity index (χ0) is 25.1. The van der Waals surface area contributed by atoms with E-state index in [-0.39, 0.29) is 6.04 Å². The van der Waals surface area contributed by atoms with Gasteiger partial charge in [-0.05, 0) is 23.6 Å². The van der Waals surface area contributed by atoms with Crippen LogP contribution in [0, 0.1) is 12.5 Å². The predicted octanol–water partition coefficient (Wildman–Crippen LogP) is 5.96. The second-order valence-corrected chi connectivity index (χ2v) is 9.47. The molecule has 7 heteroatoms. The fourth-order valence-corrected chi connectivity index (χ4v) is 5.09. The number of fused-ring (bicyclic) bond motifs is 1. The molecule has 3 heterocycles. The summed E-state index contributed by atoms with van der Waals surface area (Å²) in [5, 5.41) is 0. The molecule has 36 heavy (non-hydrogen) atoms. The molecule has 0 radical (unpaired) electrons. The Morgan fingerprint density at radius 3 is 2.67 bits per heavy atom. The quantitative estimate of drug-likeness (QED) is 0.292. The van der Waals surface area contributed by atoms with Gasteiger partial charge < -0.3 is 13.9 Å². The molecule has 0 N–H and O–H groups in total. The third kappa shape index (κ3) is 4.65. The lowest BCUT2D eigenvalue weighted by Gasteiger charge is -2.39.